The monoisotopic (exact) mass is 427 g/mol. The maximum Gasteiger partial charge on any atom is 0.317 e. The molecule has 0 radical (unpaired) electrons. The highest BCUT2D eigenvalue weighted by Gasteiger charge is 2.35. The number of likely N-dealkylation sites (N-methyl/N-ethyl adjacent to an activating group) is 1. The summed E-state index contributed by atoms with van der Waals surface area (Å²) >= 11 is 0. The van der Waals surface area contributed by atoms with E-state index in [4.69, 9.17) is 9.47 Å². The summed E-state index contributed by atoms with van der Waals surface area (Å²) in [5.41, 5.74) is 0. The van der Waals surface area contributed by atoms with E-state index >= 15 is 0 Å². The molecule has 1 aliphatic rings. The van der Waals surface area contributed by atoms with E-state index in [-0.39, 0.29) is 17.5 Å². The highest BCUT2D eigenvalue weighted by atomic mass is 32.2. The van der Waals surface area contributed by atoms with Gasteiger partial charge in [-0.15, -0.1) is 0 Å². The zero-order chi connectivity index (χ0) is 21.4. The van der Waals surface area contributed by atoms with Crippen LogP contribution in [0.25, 0.3) is 0 Å². The zero-order valence-corrected chi connectivity index (χ0v) is 18.6. The predicted molar refractivity (Wildman–Crippen MR) is 113 cm³/mol. The van der Waals surface area contributed by atoms with Crippen LogP contribution in [0.5, 0.6) is 11.5 Å². The Labute approximate surface area is 174 Å². The predicted octanol–water partition coefficient (Wildman–Crippen LogP) is 1.99. The molecule has 1 atom stereocenters. The first-order valence-electron chi connectivity index (χ1n) is 10.1. The molecular formula is C20H33N3O5S. The van der Waals surface area contributed by atoms with E-state index in [1.165, 1.54) is 0 Å². The first-order valence-corrected chi connectivity index (χ1v) is 11.6. The molecule has 9 heteroatoms. The normalized spacial score (nSPS) is 17.3. The number of hydrogen-bond donors (Lipinski definition) is 1. The highest BCUT2D eigenvalue weighted by molar-refractivity contribution is 7.92. The molecular weight excluding hydrogens is 394 g/mol. The molecule has 0 aromatic heterocycles. The lowest BCUT2D eigenvalue weighted by Crippen LogP contribution is -2.50. The summed E-state index contributed by atoms with van der Waals surface area (Å²) in [6, 6.07) is 4.59. The molecule has 1 fully saturated rings. The number of rotatable bonds is 9. The lowest BCUT2D eigenvalue weighted by Gasteiger charge is -2.33. The fraction of sp³-hybridized carbons (Fsp3) is 0.650. The molecule has 0 saturated carbocycles. The minimum atomic E-state index is -3.66. The molecule has 0 spiro atoms. The van der Waals surface area contributed by atoms with Gasteiger partial charge < -0.3 is 24.6 Å². The number of likely N-dealkylation sites (tertiary alicyclic amines) is 1. The Hall–Kier alpha value is -2.00. The number of nitrogens with zero attached hydrogens (tertiary/aromatic N) is 2. The summed E-state index contributed by atoms with van der Waals surface area (Å²) in [5, 5.41) is 2.20. The van der Waals surface area contributed by atoms with E-state index in [1.807, 2.05) is 32.8 Å². The molecule has 1 unspecified atom stereocenters. The maximum atomic E-state index is 13.3. The number of benzene rings is 1. The van der Waals surface area contributed by atoms with Crippen molar-refractivity contribution in [3.05, 3.63) is 18.2 Å². The molecule has 2 rings (SSSR count). The Kier molecular flexibility index (Phi) is 8.58. The van der Waals surface area contributed by atoms with Gasteiger partial charge in [0, 0.05) is 32.2 Å². The van der Waals surface area contributed by atoms with E-state index in [2.05, 4.69) is 5.32 Å². The second-order valence-corrected chi connectivity index (χ2v) is 9.46. The van der Waals surface area contributed by atoms with Crippen LogP contribution in [0, 0.1) is 0 Å². The lowest BCUT2D eigenvalue weighted by molar-refractivity contribution is 0.186. The third-order valence-corrected chi connectivity index (χ3v) is 6.98. The molecule has 2 amide bonds. The number of hydrogen-bond acceptors (Lipinski definition) is 6. The Morgan fingerprint density at radius 2 is 1.97 bits per heavy atom. The van der Waals surface area contributed by atoms with Gasteiger partial charge in [0.2, 0.25) is 0 Å². The summed E-state index contributed by atoms with van der Waals surface area (Å²) in [7, 11) is 0.209. The van der Waals surface area contributed by atoms with Gasteiger partial charge >= 0.3 is 6.03 Å². The number of nitrogens with one attached hydrogen (secondary N) is 1. The van der Waals surface area contributed by atoms with Gasteiger partial charge in [0.05, 0.1) is 18.5 Å². The molecule has 29 heavy (non-hydrogen) atoms. The van der Waals surface area contributed by atoms with E-state index < -0.39 is 15.1 Å². The summed E-state index contributed by atoms with van der Waals surface area (Å²) in [5.74, 6) is 0.867. The van der Waals surface area contributed by atoms with Crippen molar-refractivity contribution in [1.29, 1.82) is 0 Å². The number of ether oxygens (including phenoxy) is 2. The van der Waals surface area contributed by atoms with Crippen molar-refractivity contribution in [3.8, 4) is 11.5 Å². The number of piperidine rings is 1. The quantitative estimate of drug-likeness (QED) is 0.648. The van der Waals surface area contributed by atoms with Crippen LogP contribution in [-0.2, 0) is 9.84 Å². The van der Waals surface area contributed by atoms with Crippen LogP contribution in [0.4, 0.5) is 4.79 Å². The highest BCUT2D eigenvalue weighted by Crippen LogP contribution is 2.33. The van der Waals surface area contributed by atoms with E-state index in [0.717, 1.165) is 6.54 Å². The number of carbonyl (C=O) groups is 1. The van der Waals surface area contributed by atoms with E-state index in [1.54, 1.807) is 23.1 Å². The average Bonchev–Trinajstić information content (AvgIpc) is 2.68. The summed E-state index contributed by atoms with van der Waals surface area (Å²) in [4.78, 5) is 16.2. The number of urea groups is 1. The van der Waals surface area contributed by atoms with Crippen molar-refractivity contribution in [2.45, 2.75) is 36.8 Å². The molecule has 164 valence electrons. The minimum absolute atomic E-state index is 0.155. The van der Waals surface area contributed by atoms with Crippen LogP contribution in [0.15, 0.2) is 23.1 Å². The van der Waals surface area contributed by atoms with E-state index in [9.17, 15) is 13.2 Å². The van der Waals surface area contributed by atoms with Crippen LogP contribution >= 0.6 is 0 Å². The van der Waals surface area contributed by atoms with Crippen LogP contribution in [0.3, 0.4) is 0 Å². The Morgan fingerprint density at radius 3 is 2.62 bits per heavy atom. The molecule has 1 heterocycles. The third kappa shape index (κ3) is 6.24. The largest absolute Gasteiger partial charge is 0.494 e. The topological polar surface area (TPSA) is 88.2 Å². The lowest BCUT2D eigenvalue weighted by atomic mass is 10.1. The van der Waals surface area contributed by atoms with Gasteiger partial charge in [-0.2, -0.15) is 0 Å². The fourth-order valence-corrected chi connectivity index (χ4v) is 5.17. The Balaban J connectivity index is 2.16. The molecule has 1 saturated heterocycles. The molecule has 0 aliphatic carbocycles. The van der Waals surface area contributed by atoms with Gasteiger partial charge in [-0.05, 0) is 52.9 Å². The van der Waals surface area contributed by atoms with Gasteiger partial charge in [-0.25, -0.2) is 13.2 Å². The number of carbonyl (C=O) groups excluding carboxylic acids is 1. The molecule has 0 bridgehead atoms. The Morgan fingerprint density at radius 1 is 1.24 bits per heavy atom. The van der Waals surface area contributed by atoms with Crippen molar-refractivity contribution in [2.75, 3.05) is 53.5 Å². The number of amides is 2. The summed E-state index contributed by atoms with van der Waals surface area (Å²) in [6.07, 6.45) is 1.16. The first kappa shape index (κ1) is 23.3. The zero-order valence-electron chi connectivity index (χ0n) is 17.8. The number of sulfone groups is 1. The molecule has 1 aromatic rings. The van der Waals surface area contributed by atoms with Crippen molar-refractivity contribution < 1.29 is 22.7 Å². The molecule has 1 aliphatic heterocycles. The van der Waals surface area contributed by atoms with Crippen LogP contribution in [0.1, 0.15) is 26.7 Å². The van der Waals surface area contributed by atoms with Gasteiger partial charge in [0.25, 0.3) is 0 Å². The summed E-state index contributed by atoms with van der Waals surface area (Å²) in [6.45, 7) is 6.49. The van der Waals surface area contributed by atoms with Crippen LogP contribution in [0.2, 0.25) is 0 Å². The van der Waals surface area contributed by atoms with Gasteiger partial charge in [-0.3, -0.25) is 0 Å². The van der Waals surface area contributed by atoms with Crippen molar-refractivity contribution >= 4 is 15.9 Å². The molecule has 1 N–H and O–H groups in total. The van der Waals surface area contributed by atoms with Crippen LogP contribution in [-0.4, -0.2) is 83.0 Å². The SMILES string of the molecule is CCOc1ccc(S(=O)(=O)C2CCCN(C(=O)NCCN(C)C)C2)c(OCC)c1. The van der Waals surface area contributed by atoms with E-state index in [0.29, 0.717) is 50.6 Å². The minimum Gasteiger partial charge on any atom is -0.494 e. The maximum absolute atomic E-state index is 13.3. The smallest absolute Gasteiger partial charge is 0.317 e. The van der Waals surface area contributed by atoms with Crippen LogP contribution < -0.4 is 14.8 Å². The molecule has 8 nitrogen and oxygen atoms in total. The second-order valence-electron chi connectivity index (χ2n) is 7.27. The van der Waals surface area contributed by atoms with Gasteiger partial charge in [-0.1, -0.05) is 0 Å². The van der Waals surface area contributed by atoms with Crippen molar-refractivity contribution in [1.82, 2.24) is 15.1 Å². The average molecular weight is 428 g/mol. The first-order chi connectivity index (χ1) is 13.8. The Bertz CT molecular complexity index is 782. The van der Waals surface area contributed by atoms with Crippen molar-refractivity contribution in [3.63, 3.8) is 0 Å². The third-order valence-electron chi connectivity index (χ3n) is 4.77. The fourth-order valence-electron chi connectivity index (χ4n) is 3.30. The standard InChI is InChI=1S/C20H33N3O5S/c1-5-27-16-9-10-19(18(14-16)28-6-2)29(25,26)17-8-7-12-23(15-17)20(24)21-11-13-22(3)4/h9-10,14,17H,5-8,11-13,15H2,1-4H3,(H,21,24). The second kappa shape index (κ2) is 10.7. The molecule has 1 aromatic carbocycles. The van der Waals surface area contributed by atoms with Gasteiger partial charge in [0.1, 0.15) is 16.4 Å². The van der Waals surface area contributed by atoms with Crippen molar-refractivity contribution in [2.24, 2.45) is 0 Å². The van der Waals surface area contributed by atoms with Gasteiger partial charge in [0.15, 0.2) is 9.84 Å². The summed E-state index contributed by atoms with van der Waals surface area (Å²) < 4.78 is 37.7.